The van der Waals surface area contributed by atoms with E-state index in [0.29, 0.717) is 6.61 Å². The first-order chi connectivity index (χ1) is 20.2. The van der Waals surface area contributed by atoms with Crippen LogP contribution in [0.15, 0.2) is 72.3 Å². The molecule has 1 aliphatic rings. The summed E-state index contributed by atoms with van der Waals surface area (Å²) >= 11 is 0. The predicted octanol–water partition coefficient (Wildman–Crippen LogP) is 8.67. The minimum Gasteiger partial charge on any atom is -0.414 e. The molecule has 3 rings (SSSR count). The Kier molecular flexibility index (Phi) is 11.6. The Hall–Kier alpha value is -1.33. The molecule has 0 amide bonds. The van der Waals surface area contributed by atoms with Gasteiger partial charge in [-0.1, -0.05) is 135 Å². The topological polar surface area (TPSA) is 47.9 Å². The van der Waals surface area contributed by atoms with E-state index in [1.165, 1.54) is 15.9 Å². The summed E-state index contributed by atoms with van der Waals surface area (Å²) in [5.41, 5.74) is 1.21. The molecule has 0 aliphatic heterocycles. The van der Waals surface area contributed by atoms with Crippen LogP contribution in [0.25, 0.3) is 0 Å². The van der Waals surface area contributed by atoms with Crippen molar-refractivity contribution in [3.8, 4) is 0 Å². The Balaban J connectivity index is 2.05. The third-order valence-electron chi connectivity index (χ3n) is 10.7. The molecule has 1 aliphatic carbocycles. The second-order valence-corrected chi connectivity index (χ2v) is 30.7. The SMILES string of the molecule is CC(C)(C)[Si](C)(C)O[C@@H]1C/C(=C/CO[Si](c2ccccc2)(c2ccccc2)C(C)(C)C)[C@@H](CO)[C@@H](O[Si](C)(C)C(C)(C)C)C1. The molecule has 1 saturated carbocycles. The van der Waals surface area contributed by atoms with Crippen molar-refractivity contribution < 1.29 is 18.4 Å². The van der Waals surface area contributed by atoms with Gasteiger partial charge in [-0.05, 0) is 64.5 Å². The number of hydrogen-bond donors (Lipinski definition) is 1. The van der Waals surface area contributed by atoms with Gasteiger partial charge in [-0.15, -0.1) is 0 Å². The highest BCUT2D eigenvalue weighted by Crippen LogP contribution is 2.45. The quantitative estimate of drug-likeness (QED) is 0.206. The summed E-state index contributed by atoms with van der Waals surface area (Å²) in [4.78, 5) is 0. The van der Waals surface area contributed by atoms with Crippen LogP contribution in [0.2, 0.25) is 41.3 Å². The van der Waals surface area contributed by atoms with Gasteiger partial charge in [-0.3, -0.25) is 0 Å². The van der Waals surface area contributed by atoms with E-state index in [2.05, 4.69) is 155 Å². The molecule has 2 aromatic carbocycles. The third-order valence-corrected chi connectivity index (χ3v) is 24.7. The van der Waals surface area contributed by atoms with Gasteiger partial charge in [-0.2, -0.15) is 0 Å². The number of aliphatic hydroxyl groups is 1. The Morgan fingerprint density at radius 3 is 1.57 bits per heavy atom. The predicted molar refractivity (Wildman–Crippen MR) is 196 cm³/mol. The maximum absolute atomic E-state index is 10.9. The van der Waals surface area contributed by atoms with Crippen molar-refractivity contribution in [3.63, 3.8) is 0 Å². The van der Waals surface area contributed by atoms with Gasteiger partial charge in [0.15, 0.2) is 16.6 Å². The first kappa shape index (κ1) is 37.1. The van der Waals surface area contributed by atoms with Gasteiger partial charge in [-0.25, -0.2) is 0 Å². The average Bonchev–Trinajstić information content (AvgIpc) is 2.89. The van der Waals surface area contributed by atoms with Crippen LogP contribution >= 0.6 is 0 Å². The van der Waals surface area contributed by atoms with E-state index in [-0.39, 0.29) is 39.8 Å². The molecule has 0 saturated heterocycles. The lowest BCUT2D eigenvalue weighted by Gasteiger charge is -2.47. The molecule has 3 atom stereocenters. The van der Waals surface area contributed by atoms with Crippen molar-refractivity contribution in [2.24, 2.45) is 5.92 Å². The maximum atomic E-state index is 10.9. The van der Waals surface area contributed by atoms with Gasteiger partial charge in [0.1, 0.15) is 0 Å². The summed E-state index contributed by atoms with van der Waals surface area (Å²) in [6.45, 7) is 30.6. The van der Waals surface area contributed by atoms with E-state index < -0.39 is 25.0 Å². The molecular formula is C37H62O4Si3. The Bertz CT molecular complexity index is 1180. The summed E-state index contributed by atoms with van der Waals surface area (Å²) in [6.07, 6.45) is 3.87. The van der Waals surface area contributed by atoms with E-state index >= 15 is 0 Å². The van der Waals surface area contributed by atoms with Crippen molar-refractivity contribution in [2.45, 2.75) is 129 Å². The lowest BCUT2D eigenvalue weighted by Crippen LogP contribution is -2.66. The lowest BCUT2D eigenvalue weighted by atomic mass is 9.81. The summed E-state index contributed by atoms with van der Waals surface area (Å²) < 4.78 is 21.4. The minimum absolute atomic E-state index is 0.0626. The monoisotopic (exact) mass is 654 g/mol. The van der Waals surface area contributed by atoms with Crippen molar-refractivity contribution in [1.29, 1.82) is 0 Å². The van der Waals surface area contributed by atoms with Crippen LogP contribution in [-0.2, 0) is 13.3 Å². The van der Waals surface area contributed by atoms with E-state index in [4.69, 9.17) is 13.3 Å². The van der Waals surface area contributed by atoms with E-state index in [1.807, 2.05) is 0 Å². The molecule has 1 fully saturated rings. The standard InChI is InChI=1S/C37H62O4Si3/c1-35(2,3)42(10,11)40-30-26-29(33(28-38)34(27-30)41-43(12,13)36(4,5)6)24-25-39-44(37(7,8)9,31-20-16-14-17-21-31)32-22-18-15-19-23-32/h14-24,30,33-34,38H,25-28H2,1-13H3/b29-24-/t30-,33-,34+/m1/s1. The summed E-state index contributed by atoms with van der Waals surface area (Å²) in [5.74, 6) is -0.0638. The highest BCUT2D eigenvalue weighted by atomic mass is 28.4. The summed E-state index contributed by atoms with van der Waals surface area (Å²) in [6, 6.07) is 21.6. The van der Waals surface area contributed by atoms with Crippen LogP contribution in [0.4, 0.5) is 0 Å². The van der Waals surface area contributed by atoms with Crippen molar-refractivity contribution in [3.05, 3.63) is 72.3 Å². The van der Waals surface area contributed by atoms with Crippen LogP contribution in [0.3, 0.4) is 0 Å². The molecule has 0 aromatic heterocycles. The molecule has 1 N–H and O–H groups in total. The molecule has 2 aromatic rings. The first-order valence-corrected chi connectivity index (χ1v) is 24.3. The highest BCUT2D eigenvalue weighted by molar-refractivity contribution is 6.99. The van der Waals surface area contributed by atoms with Gasteiger partial charge >= 0.3 is 0 Å². The van der Waals surface area contributed by atoms with E-state index in [1.54, 1.807) is 0 Å². The zero-order valence-electron chi connectivity index (χ0n) is 30.1. The van der Waals surface area contributed by atoms with Crippen LogP contribution in [0.1, 0.15) is 75.2 Å². The van der Waals surface area contributed by atoms with Gasteiger partial charge in [0.2, 0.25) is 0 Å². The second-order valence-electron chi connectivity index (χ2n) is 16.9. The number of hydrogen-bond acceptors (Lipinski definition) is 4. The van der Waals surface area contributed by atoms with Crippen molar-refractivity contribution in [1.82, 2.24) is 0 Å². The zero-order valence-corrected chi connectivity index (χ0v) is 33.1. The number of rotatable bonds is 10. The average molecular weight is 655 g/mol. The second kappa shape index (κ2) is 13.8. The molecule has 0 bridgehead atoms. The van der Waals surface area contributed by atoms with Gasteiger partial charge in [0, 0.05) is 5.92 Å². The molecule has 0 heterocycles. The fraction of sp³-hybridized carbons (Fsp3) is 0.622. The molecule has 246 valence electrons. The number of aliphatic hydroxyl groups excluding tert-OH is 1. The van der Waals surface area contributed by atoms with Crippen LogP contribution in [-0.4, -0.2) is 55.5 Å². The van der Waals surface area contributed by atoms with Crippen molar-refractivity contribution in [2.75, 3.05) is 13.2 Å². The molecule has 7 heteroatoms. The fourth-order valence-electron chi connectivity index (χ4n) is 6.03. The van der Waals surface area contributed by atoms with Crippen LogP contribution in [0, 0.1) is 5.92 Å². The van der Waals surface area contributed by atoms with Gasteiger partial charge < -0.3 is 18.4 Å². The zero-order chi connectivity index (χ0) is 33.2. The molecular weight excluding hydrogens is 593 g/mol. The van der Waals surface area contributed by atoms with Crippen molar-refractivity contribution >= 4 is 35.3 Å². The largest absolute Gasteiger partial charge is 0.414 e. The van der Waals surface area contributed by atoms with Gasteiger partial charge in [0.25, 0.3) is 8.32 Å². The first-order valence-electron chi connectivity index (χ1n) is 16.6. The van der Waals surface area contributed by atoms with Crippen LogP contribution < -0.4 is 10.4 Å². The lowest BCUT2D eigenvalue weighted by molar-refractivity contribution is 0.0210. The molecule has 0 radical (unpaired) electrons. The third kappa shape index (κ3) is 8.14. The molecule has 4 nitrogen and oxygen atoms in total. The summed E-state index contributed by atoms with van der Waals surface area (Å²) in [5, 5.41) is 13.5. The van der Waals surface area contributed by atoms with Crippen LogP contribution in [0.5, 0.6) is 0 Å². The molecule has 0 unspecified atom stereocenters. The number of benzene rings is 2. The Morgan fingerprint density at radius 2 is 1.16 bits per heavy atom. The van der Waals surface area contributed by atoms with Gasteiger partial charge in [0.05, 0.1) is 25.4 Å². The maximum Gasteiger partial charge on any atom is 0.261 e. The Labute approximate surface area is 273 Å². The molecule has 0 spiro atoms. The summed E-state index contributed by atoms with van der Waals surface area (Å²) in [7, 11) is -6.78. The van der Waals surface area contributed by atoms with E-state index in [0.717, 1.165) is 12.8 Å². The van der Waals surface area contributed by atoms with E-state index in [9.17, 15) is 5.11 Å². The normalized spacial score (nSPS) is 22.0. The Morgan fingerprint density at radius 1 is 0.705 bits per heavy atom. The fourth-order valence-corrected chi connectivity index (χ4v) is 13.3. The smallest absolute Gasteiger partial charge is 0.261 e. The molecule has 44 heavy (non-hydrogen) atoms. The minimum atomic E-state index is -2.68. The highest BCUT2D eigenvalue weighted by Gasteiger charge is 2.50.